The van der Waals surface area contributed by atoms with Gasteiger partial charge in [0.2, 0.25) is 5.91 Å². The second-order valence-corrected chi connectivity index (χ2v) is 5.40. The van der Waals surface area contributed by atoms with Crippen molar-refractivity contribution in [2.75, 3.05) is 18.4 Å². The van der Waals surface area contributed by atoms with Crippen LogP contribution in [0.5, 0.6) is 0 Å². The van der Waals surface area contributed by atoms with Gasteiger partial charge in [0.15, 0.2) is 0 Å². The predicted molar refractivity (Wildman–Crippen MR) is 83.4 cm³/mol. The van der Waals surface area contributed by atoms with Gasteiger partial charge in [0.05, 0.1) is 6.54 Å². The summed E-state index contributed by atoms with van der Waals surface area (Å²) in [6.45, 7) is 6.98. The molecule has 4 N–H and O–H groups in total. The lowest BCUT2D eigenvalue weighted by atomic mass is 10.1. The van der Waals surface area contributed by atoms with Gasteiger partial charge in [-0.25, -0.2) is 0 Å². The minimum atomic E-state index is -0.0379. The number of thiocarbonyl (C=S) groups is 1. The number of hydrogen-bond donors (Lipinski definition) is 3. The number of rotatable bonds is 6. The molecule has 0 saturated heterocycles. The standard InChI is InChI=1S/C14H21N3OS/c1-9(2)7-17-13(18)8-16-12-6-10(3)4-5-11(12)14(15)19/h4-6,9,16H,7-8H2,1-3H3,(H2,15,19)(H,17,18). The van der Waals surface area contributed by atoms with E-state index in [2.05, 4.69) is 24.5 Å². The Hall–Kier alpha value is -1.62. The third-order valence-corrected chi connectivity index (χ3v) is 2.81. The number of nitrogens with one attached hydrogen (secondary N) is 2. The van der Waals surface area contributed by atoms with Gasteiger partial charge in [-0.05, 0) is 30.5 Å². The lowest BCUT2D eigenvalue weighted by Gasteiger charge is -2.13. The van der Waals surface area contributed by atoms with Gasteiger partial charge < -0.3 is 16.4 Å². The molecule has 0 bridgehead atoms. The zero-order valence-corrected chi connectivity index (χ0v) is 12.4. The van der Waals surface area contributed by atoms with Gasteiger partial charge in [0.25, 0.3) is 0 Å². The Morgan fingerprint density at radius 3 is 2.68 bits per heavy atom. The molecule has 104 valence electrons. The summed E-state index contributed by atoms with van der Waals surface area (Å²) in [6.07, 6.45) is 0. The molecule has 4 nitrogen and oxygen atoms in total. The smallest absolute Gasteiger partial charge is 0.239 e. The summed E-state index contributed by atoms with van der Waals surface area (Å²) >= 11 is 5.00. The van der Waals surface area contributed by atoms with Crippen molar-refractivity contribution in [3.05, 3.63) is 29.3 Å². The zero-order valence-electron chi connectivity index (χ0n) is 11.6. The van der Waals surface area contributed by atoms with E-state index in [1.165, 1.54) is 0 Å². The van der Waals surface area contributed by atoms with Gasteiger partial charge in [0.1, 0.15) is 4.99 Å². The van der Waals surface area contributed by atoms with E-state index in [9.17, 15) is 4.79 Å². The van der Waals surface area contributed by atoms with Crippen molar-refractivity contribution < 1.29 is 4.79 Å². The Morgan fingerprint density at radius 1 is 1.42 bits per heavy atom. The summed E-state index contributed by atoms with van der Waals surface area (Å²) in [7, 11) is 0. The Labute approximate surface area is 119 Å². The number of benzene rings is 1. The molecule has 0 fully saturated rings. The van der Waals surface area contributed by atoms with Crippen molar-refractivity contribution in [3.63, 3.8) is 0 Å². The van der Waals surface area contributed by atoms with E-state index in [1.807, 2.05) is 25.1 Å². The molecule has 1 rings (SSSR count). The molecule has 0 radical (unpaired) electrons. The maximum atomic E-state index is 11.6. The minimum absolute atomic E-state index is 0.0379. The van der Waals surface area contributed by atoms with E-state index in [0.29, 0.717) is 17.5 Å². The van der Waals surface area contributed by atoms with Crippen LogP contribution in [0.1, 0.15) is 25.0 Å². The number of nitrogens with two attached hydrogens (primary N) is 1. The lowest BCUT2D eigenvalue weighted by Crippen LogP contribution is -2.32. The van der Waals surface area contributed by atoms with Crippen molar-refractivity contribution in [2.24, 2.45) is 11.7 Å². The van der Waals surface area contributed by atoms with Gasteiger partial charge in [-0.3, -0.25) is 4.79 Å². The summed E-state index contributed by atoms with van der Waals surface area (Å²) in [5, 5.41) is 5.93. The normalized spacial score (nSPS) is 10.3. The predicted octanol–water partition coefficient (Wildman–Crippen LogP) is 1.81. The van der Waals surface area contributed by atoms with Crippen LogP contribution in [0.25, 0.3) is 0 Å². The first kappa shape index (κ1) is 15.4. The molecule has 0 spiro atoms. The topological polar surface area (TPSA) is 67.1 Å². The van der Waals surface area contributed by atoms with Gasteiger partial charge in [-0.15, -0.1) is 0 Å². The molecule has 1 aromatic rings. The first-order chi connectivity index (χ1) is 8.90. The van der Waals surface area contributed by atoms with Gasteiger partial charge >= 0.3 is 0 Å². The number of carbonyl (C=O) groups is 1. The highest BCUT2D eigenvalue weighted by atomic mass is 32.1. The zero-order chi connectivity index (χ0) is 14.4. The SMILES string of the molecule is Cc1ccc(C(N)=S)c(NCC(=O)NCC(C)C)c1. The number of anilines is 1. The van der Waals surface area contributed by atoms with E-state index in [0.717, 1.165) is 16.8 Å². The minimum Gasteiger partial charge on any atom is -0.389 e. The fourth-order valence-corrected chi connectivity index (χ4v) is 1.75. The molecule has 0 aliphatic rings. The van der Waals surface area contributed by atoms with Crippen LogP contribution in [-0.4, -0.2) is 24.0 Å². The monoisotopic (exact) mass is 279 g/mol. The van der Waals surface area contributed by atoms with Gasteiger partial charge in [0, 0.05) is 17.8 Å². The van der Waals surface area contributed by atoms with Crippen LogP contribution >= 0.6 is 12.2 Å². The second kappa shape index (κ2) is 7.09. The van der Waals surface area contributed by atoms with Crippen molar-refractivity contribution in [2.45, 2.75) is 20.8 Å². The van der Waals surface area contributed by atoms with Crippen LogP contribution in [0.2, 0.25) is 0 Å². The van der Waals surface area contributed by atoms with Crippen LogP contribution < -0.4 is 16.4 Å². The van der Waals surface area contributed by atoms with E-state index < -0.39 is 0 Å². The van der Waals surface area contributed by atoms with Crippen molar-refractivity contribution in [1.29, 1.82) is 0 Å². The Balaban J connectivity index is 2.64. The maximum Gasteiger partial charge on any atom is 0.239 e. The average molecular weight is 279 g/mol. The maximum absolute atomic E-state index is 11.6. The summed E-state index contributed by atoms with van der Waals surface area (Å²) in [4.78, 5) is 12.0. The molecular weight excluding hydrogens is 258 g/mol. The van der Waals surface area contributed by atoms with Crippen LogP contribution in [0, 0.1) is 12.8 Å². The summed E-state index contributed by atoms with van der Waals surface area (Å²) in [5.41, 5.74) is 8.31. The quantitative estimate of drug-likeness (QED) is 0.695. The summed E-state index contributed by atoms with van der Waals surface area (Å²) < 4.78 is 0. The molecule has 19 heavy (non-hydrogen) atoms. The Morgan fingerprint density at radius 2 is 2.11 bits per heavy atom. The van der Waals surface area contributed by atoms with E-state index in [-0.39, 0.29) is 12.5 Å². The third kappa shape index (κ3) is 5.26. The van der Waals surface area contributed by atoms with Crippen LogP contribution in [-0.2, 0) is 4.79 Å². The van der Waals surface area contributed by atoms with Gasteiger partial charge in [-0.1, -0.05) is 32.1 Å². The molecule has 0 aliphatic carbocycles. The molecule has 1 amide bonds. The highest BCUT2D eigenvalue weighted by Crippen LogP contribution is 2.17. The molecule has 0 unspecified atom stereocenters. The summed E-state index contributed by atoms with van der Waals surface area (Å²) in [5.74, 6) is 0.402. The van der Waals surface area contributed by atoms with E-state index in [1.54, 1.807) is 0 Å². The van der Waals surface area contributed by atoms with Crippen LogP contribution in [0.4, 0.5) is 5.69 Å². The van der Waals surface area contributed by atoms with Gasteiger partial charge in [-0.2, -0.15) is 0 Å². The van der Waals surface area contributed by atoms with Crippen molar-refractivity contribution in [3.8, 4) is 0 Å². The van der Waals surface area contributed by atoms with Crippen molar-refractivity contribution in [1.82, 2.24) is 5.32 Å². The van der Waals surface area contributed by atoms with E-state index in [4.69, 9.17) is 18.0 Å². The van der Waals surface area contributed by atoms with Crippen molar-refractivity contribution >= 4 is 28.8 Å². The number of hydrogen-bond acceptors (Lipinski definition) is 3. The highest BCUT2D eigenvalue weighted by Gasteiger charge is 2.07. The first-order valence-corrected chi connectivity index (χ1v) is 6.72. The van der Waals surface area contributed by atoms with Crippen LogP contribution in [0.15, 0.2) is 18.2 Å². The fourth-order valence-electron chi connectivity index (χ4n) is 1.58. The molecule has 0 heterocycles. The molecule has 0 saturated carbocycles. The highest BCUT2D eigenvalue weighted by molar-refractivity contribution is 7.80. The largest absolute Gasteiger partial charge is 0.389 e. The average Bonchev–Trinajstić information content (AvgIpc) is 2.33. The number of carbonyl (C=O) groups excluding carboxylic acids is 1. The molecule has 5 heteroatoms. The second-order valence-electron chi connectivity index (χ2n) is 4.96. The molecular formula is C14H21N3OS. The molecule has 0 aliphatic heterocycles. The third-order valence-electron chi connectivity index (χ3n) is 2.59. The summed E-state index contributed by atoms with van der Waals surface area (Å²) in [6, 6.07) is 5.74. The number of amides is 1. The fraction of sp³-hybridized carbons (Fsp3) is 0.429. The van der Waals surface area contributed by atoms with E-state index >= 15 is 0 Å². The lowest BCUT2D eigenvalue weighted by molar-refractivity contribution is -0.119. The molecule has 1 aromatic carbocycles. The van der Waals surface area contributed by atoms with Crippen LogP contribution in [0.3, 0.4) is 0 Å². The first-order valence-electron chi connectivity index (χ1n) is 6.31. The Kier molecular flexibility index (Phi) is 5.76. The molecule has 0 aromatic heterocycles. The Bertz CT molecular complexity index is 472. The molecule has 0 atom stereocenters. The number of aryl methyl sites for hydroxylation is 1.